The Kier molecular flexibility index (Phi) is 9.19. The first-order valence-electron chi connectivity index (χ1n) is 13.0. The van der Waals surface area contributed by atoms with Crippen LogP contribution in [0.1, 0.15) is 71.9 Å². The van der Waals surface area contributed by atoms with Gasteiger partial charge in [0.15, 0.2) is 0 Å². The summed E-state index contributed by atoms with van der Waals surface area (Å²) in [6, 6.07) is 3.89. The molecule has 16 heteroatoms. The predicted molar refractivity (Wildman–Crippen MR) is 149 cm³/mol. The number of halogens is 10. The van der Waals surface area contributed by atoms with Gasteiger partial charge in [-0.2, -0.15) is 39.5 Å². The van der Waals surface area contributed by atoms with E-state index in [2.05, 4.69) is 9.97 Å². The van der Waals surface area contributed by atoms with Crippen molar-refractivity contribution in [1.29, 1.82) is 0 Å². The molecule has 0 fully saturated rings. The van der Waals surface area contributed by atoms with E-state index in [1.807, 2.05) is 0 Å². The lowest BCUT2D eigenvalue weighted by Gasteiger charge is -2.46. The fraction of sp³-hybridized carbons (Fsp3) is 0.393. The molecular weight excluding hydrogens is 722 g/mol. The van der Waals surface area contributed by atoms with E-state index < -0.39 is 59.3 Å². The lowest BCUT2D eigenvalue weighted by atomic mass is 9.80. The van der Waals surface area contributed by atoms with Gasteiger partial charge in [-0.05, 0) is 89.9 Å². The molecule has 6 nitrogen and oxygen atoms in total. The molecule has 0 bridgehead atoms. The van der Waals surface area contributed by atoms with E-state index in [-0.39, 0.29) is 53.8 Å². The average molecular weight is 746 g/mol. The summed E-state index contributed by atoms with van der Waals surface area (Å²) in [5, 5.41) is 0. The molecule has 0 aliphatic carbocycles. The van der Waals surface area contributed by atoms with Gasteiger partial charge in [0, 0.05) is 18.5 Å². The second kappa shape index (κ2) is 12.0. The molecule has 0 radical (unpaired) electrons. The molecule has 0 saturated heterocycles. The van der Waals surface area contributed by atoms with Crippen molar-refractivity contribution in [3.8, 4) is 0 Å². The van der Waals surface area contributed by atoms with Gasteiger partial charge in [0.05, 0.1) is 38.2 Å². The van der Waals surface area contributed by atoms with E-state index >= 15 is 0 Å². The zero-order chi connectivity index (χ0) is 32.8. The van der Waals surface area contributed by atoms with Gasteiger partial charge < -0.3 is 10.5 Å². The summed E-state index contributed by atoms with van der Waals surface area (Å²) < 4.78 is 127. The molecule has 0 unspecified atom stereocenters. The highest BCUT2D eigenvalue weighted by molar-refractivity contribution is 14.1. The fourth-order valence-electron chi connectivity index (χ4n) is 5.03. The van der Waals surface area contributed by atoms with Crippen molar-refractivity contribution in [2.75, 3.05) is 11.5 Å². The maximum absolute atomic E-state index is 13.8. The number of hydrogen-bond donors (Lipinski definition) is 1. The molecule has 1 amide bonds. The van der Waals surface area contributed by atoms with Gasteiger partial charge in [-0.1, -0.05) is 6.92 Å². The molecule has 0 saturated carbocycles. The summed E-state index contributed by atoms with van der Waals surface area (Å²) in [7, 11) is 0. The molecule has 1 aliphatic rings. The maximum atomic E-state index is 13.8. The van der Waals surface area contributed by atoms with Crippen LogP contribution in [0.5, 0.6) is 0 Å². The number of anilines is 1. The van der Waals surface area contributed by atoms with Crippen LogP contribution in [0.4, 0.5) is 50.0 Å². The number of nitrogens with two attached hydrogens (primary N) is 1. The van der Waals surface area contributed by atoms with Gasteiger partial charge in [0.25, 0.3) is 0 Å². The quantitative estimate of drug-likeness (QED) is 0.210. The molecule has 2 N–H and O–H groups in total. The van der Waals surface area contributed by atoms with Gasteiger partial charge in [0.2, 0.25) is 0 Å². The minimum Gasteiger partial charge on any atom is -0.449 e. The smallest absolute Gasteiger partial charge is 0.416 e. The van der Waals surface area contributed by atoms with Crippen molar-refractivity contribution in [2.24, 2.45) is 5.73 Å². The van der Waals surface area contributed by atoms with E-state index in [4.69, 9.17) is 10.5 Å². The zero-order valence-corrected chi connectivity index (χ0v) is 25.1. The number of carbonyl (C=O) groups excluding carboxylic acids is 1. The fourth-order valence-corrected chi connectivity index (χ4v) is 5.48. The Bertz CT molecular complexity index is 1530. The third-order valence-corrected chi connectivity index (χ3v) is 8.10. The predicted octanol–water partition coefficient (Wildman–Crippen LogP) is 8.29. The van der Waals surface area contributed by atoms with Gasteiger partial charge in [-0.25, -0.2) is 14.8 Å². The minimum atomic E-state index is -5.06. The van der Waals surface area contributed by atoms with Crippen LogP contribution in [0.3, 0.4) is 0 Å². The monoisotopic (exact) mass is 746 g/mol. The first-order chi connectivity index (χ1) is 20.3. The molecule has 1 aliphatic heterocycles. The van der Waals surface area contributed by atoms with Crippen LogP contribution in [0.2, 0.25) is 0 Å². The highest BCUT2D eigenvalue weighted by atomic mass is 127. The highest BCUT2D eigenvalue weighted by Gasteiger charge is 2.47. The molecular formula is C28H24F9IN4O2. The van der Waals surface area contributed by atoms with Crippen LogP contribution in [0.15, 0.2) is 42.6 Å². The van der Waals surface area contributed by atoms with Crippen LogP contribution < -0.4 is 10.6 Å². The number of carbonyl (C=O) groups is 1. The zero-order valence-electron chi connectivity index (χ0n) is 23.0. The lowest BCUT2D eigenvalue weighted by Crippen LogP contribution is -2.61. The molecule has 238 valence electrons. The molecule has 2 aromatic carbocycles. The standard InChI is InChI=1S/C28H24F9IN4O2/c1-3-25(39)12-19(18-11-15(26(29,30)31)5-6-22(18)42(25)24(43)44-4-2)23-40-13-20(38)21(41-23)9-14-7-16(27(32,33)34)10-17(8-14)28(35,36)37/h5-8,10-11,13,19H,3-4,9,12,39H2,1-2H3/t19-,25+/m0/s1. The Morgan fingerprint density at radius 1 is 0.977 bits per heavy atom. The van der Waals surface area contributed by atoms with Crippen molar-refractivity contribution < 1.29 is 49.0 Å². The van der Waals surface area contributed by atoms with E-state index in [1.165, 1.54) is 6.20 Å². The topological polar surface area (TPSA) is 81.3 Å². The molecule has 4 rings (SSSR count). The van der Waals surface area contributed by atoms with Gasteiger partial charge >= 0.3 is 24.6 Å². The van der Waals surface area contributed by atoms with Crippen LogP contribution >= 0.6 is 22.6 Å². The summed E-state index contributed by atoms with van der Waals surface area (Å²) in [6.07, 6.45) is -15.0. The Morgan fingerprint density at radius 2 is 1.57 bits per heavy atom. The SMILES string of the molecule is CCOC(=O)N1c2ccc(C(F)(F)F)cc2[C@@H](c2ncc(I)c(Cc3cc(C(F)(F)F)cc(C(F)(F)F)c3)n2)C[C@@]1(N)CC. The summed E-state index contributed by atoms with van der Waals surface area (Å²) in [5.74, 6) is -1.11. The molecule has 2 atom stereocenters. The number of nitrogens with zero attached hydrogens (tertiary/aromatic N) is 3. The lowest BCUT2D eigenvalue weighted by molar-refractivity contribution is -0.143. The van der Waals surface area contributed by atoms with Gasteiger partial charge in [-0.15, -0.1) is 0 Å². The van der Waals surface area contributed by atoms with Crippen LogP contribution in [-0.2, 0) is 29.7 Å². The van der Waals surface area contributed by atoms with E-state index in [9.17, 15) is 44.3 Å². The van der Waals surface area contributed by atoms with Crippen molar-refractivity contribution in [3.63, 3.8) is 0 Å². The average Bonchev–Trinajstić information content (AvgIpc) is 2.92. The molecule has 1 aromatic heterocycles. The third kappa shape index (κ3) is 6.89. The number of alkyl halides is 9. The number of rotatable bonds is 5. The van der Waals surface area contributed by atoms with Crippen LogP contribution in [0.25, 0.3) is 0 Å². The maximum Gasteiger partial charge on any atom is 0.416 e. The Hall–Kier alpha value is -3.15. The summed E-state index contributed by atoms with van der Waals surface area (Å²) >= 11 is 1.76. The van der Waals surface area contributed by atoms with E-state index in [0.717, 1.165) is 23.1 Å². The van der Waals surface area contributed by atoms with Gasteiger partial charge in [-0.3, -0.25) is 4.90 Å². The van der Waals surface area contributed by atoms with Crippen molar-refractivity contribution >= 4 is 34.4 Å². The Labute approximate surface area is 258 Å². The van der Waals surface area contributed by atoms with Gasteiger partial charge in [0.1, 0.15) is 11.5 Å². The first kappa shape index (κ1) is 33.7. The molecule has 3 aromatic rings. The largest absolute Gasteiger partial charge is 0.449 e. The number of benzene rings is 2. The number of hydrogen-bond acceptors (Lipinski definition) is 5. The van der Waals surface area contributed by atoms with E-state index in [0.29, 0.717) is 15.7 Å². The summed E-state index contributed by atoms with van der Waals surface area (Å²) in [4.78, 5) is 22.7. The Balaban J connectivity index is 1.87. The minimum absolute atomic E-state index is 0.00649. The Morgan fingerprint density at radius 3 is 2.09 bits per heavy atom. The molecule has 2 heterocycles. The van der Waals surface area contributed by atoms with Crippen molar-refractivity contribution in [3.05, 3.63) is 85.5 Å². The van der Waals surface area contributed by atoms with Crippen LogP contribution in [0, 0.1) is 3.57 Å². The van der Waals surface area contributed by atoms with Crippen molar-refractivity contribution in [2.45, 2.75) is 63.2 Å². The van der Waals surface area contributed by atoms with Crippen molar-refractivity contribution in [1.82, 2.24) is 9.97 Å². The molecule has 0 spiro atoms. The first-order valence-corrected chi connectivity index (χ1v) is 14.1. The summed E-state index contributed by atoms with van der Waals surface area (Å²) in [5.41, 5.74) is 0.864. The van der Waals surface area contributed by atoms with E-state index in [1.54, 1.807) is 36.4 Å². The second-order valence-electron chi connectivity index (χ2n) is 10.1. The third-order valence-electron chi connectivity index (χ3n) is 7.20. The molecule has 44 heavy (non-hydrogen) atoms. The number of aromatic nitrogens is 2. The normalized spacial score (nSPS) is 19.1. The second-order valence-corrected chi connectivity index (χ2v) is 11.3. The highest BCUT2D eigenvalue weighted by Crippen LogP contribution is 2.47. The summed E-state index contributed by atoms with van der Waals surface area (Å²) in [6.45, 7) is 3.17. The van der Waals surface area contributed by atoms with Crippen LogP contribution in [-0.4, -0.2) is 28.3 Å². The number of fused-ring (bicyclic) bond motifs is 1. The number of amides is 1. The number of ether oxygens (including phenoxy) is 1.